The Bertz CT molecular complexity index is 555. The summed E-state index contributed by atoms with van der Waals surface area (Å²) in [5.41, 5.74) is 1.26. The number of nitrogens with zero attached hydrogens (tertiary/aromatic N) is 1. The number of benzene rings is 1. The van der Waals surface area contributed by atoms with Gasteiger partial charge in [0.1, 0.15) is 5.75 Å². The third-order valence-electron chi connectivity index (χ3n) is 3.54. The molecule has 4 heteroatoms. The number of ether oxygens (including phenoxy) is 1. The first kappa shape index (κ1) is 15.5. The molecule has 1 atom stereocenters. The molecular formula is C16H20BrNOS. The van der Waals surface area contributed by atoms with E-state index >= 15 is 0 Å². The third-order valence-corrected chi connectivity index (χ3v) is 5.46. The Kier molecular flexibility index (Phi) is 5.64. The molecule has 0 bridgehead atoms. The first-order chi connectivity index (χ1) is 9.61. The van der Waals surface area contributed by atoms with Gasteiger partial charge in [-0.1, -0.05) is 18.2 Å². The van der Waals surface area contributed by atoms with Crippen LogP contribution in [0.3, 0.4) is 0 Å². The smallest absolute Gasteiger partial charge is 0.122 e. The molecule has 0 saturated heterocycles. The normalized spacial score (nSPS) is 12.7. The summed E-state index contributed by atoms with van der Waals surface area (Å²) in [6, 6.07) is 10.8. The van der Waals surface area contributed by atoms with Crippen LogP contribution in [0.25, 0.3) is 0 Å². The van der Waals surface area contributed by atoms with Crippen LogP contribution >= 0.6 is 27.3 Å². The van der Waals surface area contributed by atoms with E-state index in [2.05, 4.69) is 58.4 Å². The summed E-state index contributed by atoms with van der Waals surface area (Å²) < 4.78 is 6.63. The molecule has 0 aliphatic carbocycles. The summed E-state index contributed by atoms with van der Waals surface area (Å²) in [5.74, 6) is 0.977. The Labute approximate surface area is 133 Å². The zero-order valence-corrected chi connectivity index (χ0v) is 14.5. The Morgan fingerprint density at radius 1 is 1.30 bits per heavy atom. The van der Waals surface area contributed by atoms with Crippen molar-refractivity contribution in [1.82, 2.24) is 4.90 Å². The molecule has 1 heterocycles. The molecule has 0 aliphatic heterocycles. The number of hydrogen-bond donors (Lipinski definition) is 0. The van der Waals surface area contributed by atoms with Crippen LogP contribution in [-0.4, -0.2) is 25.1 Å². The molecule has 0 amide bonds. The predicted octanol–water partition coefficient (Wildman–Crippen LogP) is 4.58. The average molecular weight is 354 g/mol. The van der Waals surface area contributed by atoms with Crippen LogP contribution in [0.1, 0.15) is 17.4 Å². The average Bonchev–Trinajstić information content (AvgIpc) is 2.84. The predicted molar refractivity (Wildman–Crippen MR) is 89.6 cm³/mol. The van der Waals surface area contributed by atoms with E-state index < -0.39 is 0 Å². The fourth-order valence-corrected chi connectivity index (χ4v) is 3.71. The molecule has 2 nitrogen and oxygen atoms in total. The number of para-hydroxylation sites is 1. The van der Waals surface area contributed by atoms with E-state index in [1.54, 1.807) is 18.4 Å². The van der Waals surface area contributed by atoms with Crippen molar-refractivity contribution in [1.29, 1.82) is 0 Å². The first-order valence-corrected chi connectivity index (χ1v) is 8.33. The zero-order valence-electron chi connectivity index (χ0n) is 12.1. The summed E-state index contributed by atoms with van der Waals surface area (Å²) in [4.78, 5) is 3.75. The second-order valence-electron chi connectivity index (χ2n) is 4.97. The highest BCUT2D eigenvalue weighted by molar-refractivity contribution is 9.10. The number of hydrogen-bond acceptors (Lipinski definition) is 3. The molecule has 20 heavy (non-hydrogen) atoms. The summed E-state index contributed by atoms with van der Waals surface area (Å²) in [5, 5.41) is 2.12. The van der Waals surface area contributed by atoms with Gasteiger partial charge < -0.3 is 4.74 Å². The van der Waals surface area contributed by atoms with Crippen LogP contribution in [-0.2, 0) is 13.0 Å². The minimum absolute atomic E-state index is 0.459. The van der Waals surface area contributed by atoms with Gasteiger partial charge in [-0.15, -0.1) is 11.3 Å². The molecule has 0 spiro atoms. The van der Waals surface area contributed by atoms with Gasteiger partial charge >= 0.3 is 0 Å². The number of thiophene rings is 1. The van der Waals surface area contributed by atoms with Crippen LogP contribution in [0.2, 0.25) is 0 Å². The second kappa shape index (κ2) is 7.25. The second-order valence-corrected chi connectivity index (χ2v) is 6.83. The van der Waals surface area contributed by atoms with Crippen LogP contribution in [0.5, 0.6) is 5.75 Å². The van der Waals surface area contributed by atoms with E-state index in [1.165, 1.54) is 14.9 Å². The SMILES string of the molecule is COc1ccccc1CC(C)N(C)Cc1sccc1Br. The van der Waals surface area contributed by atoms with E-state index in [-0.39, 0.29) is 0 Å². The van der Waals surface area contributed by atoms with Crippen LogP contribution < -0.4 is 4.74 Å². The van der Waals surface area contributed by atoms with Gasteiger partial charge in [-0.2, -0.15) is 0 Å². The standard InChI is InChI=1S/C16H20BrNOS/c1-12(10-13-6-4-5-7-15(13)19-3)18(2)11-16-14(17)8-9-20-16/h4-9,12H,10-11H2,1-3H3. The summed E-state index contributed by atoms with van der Waals surface area (Å²) in [6.45, 7) is 3.22. The molecule has 1 aromatic carbocycles. The Hall–Kier alpha value is -0.840. The largest absolute Gasteiger partial charge is 0.496 e. The molecule has 0 saturated carbocycles. The molecule has 108 valence electrons. The highest BCUT2D eigenvalue weighted by Gasteiger charge is 2.14. The molecule has 1 unspecified atom stereocenters. The van der Waals surface area contributed by atoms with E-state index in [0.717, 1.165) is 18.7 Å². The molecule has 2 aromatic rings. The number of likely N-dealkylation sites (N-methyl/N-ethyl adjacent to an activating group) is 1. The monoisotopic (exact) mass is 353 g/mol. The van der Waals surface area contributed by atoms with Gasteiger partial charge in [0.15, 0.2) is 0 Å². The topological polar surface area (TPSA) is 12.5 Å². The van der Waals surface area contributed by atoms with Gasteiger partial charge in [-0.3, -0.25) is 4.90 Å². The van der Waals surface area contributed by atoms with Crippen molar-refractivity contribution >= 4 is 27.3 Å². The summed E-state index contributed by atoms with van der Waals surface area (Å²) in [6.07, 6.45) is 0.990. The Balaban J connectivity index is 2.00. The van der Waals surface area contributed by atoms with Crippen molar-refractivity contribution in [2.45, 2.75) is 25.9 Å². The van der Waals surface area contributed by atoms with Crippen molar-refractivity contribution < 1.29 is 4.74 Å². The Morgan fingerprint density at radius 2 is 2.05 bits per heavy atom. The summed E-state index contributed by atoms with van der Waals surface area (Å²) in [7, 11) is 3.90. The molecule has 0 N–H and O–H groups in total. The maximum absolute atomic E-state index is 5.43. The molecule has 2 rings (SSSR count). The number of rotatable bonds is 6. The lowest BCUT2D eigenvalue weighted by molar-refractivity contribution is 0.248. The van der Waals surface area contributed by atoms with Crippen LogP contribution in [0, 0.1) is 0 Å². The number of halogens is 1. The van der Waals surface area contributed by atoms with Crippen LogP contribution in [0.4, 0.5) is 0 Å². The molecule has 0 aliphatic rings. The van der Waals surface area contributed by atoms with Gasteiger partial charge in [-0.05, 0) is 59.4 Å². The van der Waals surface area contributed by atoms with Crippen LogP contribution in [0.15, 0.2) is 40.2 Å². The van der Waals surface area contributed by atoms with Gasteiger partial charge in [0.25, 0.3) is 0 Å². The maximum Gasteiger partial charge on any atom is 0.122 e. The van der Waals surface area contributed by atoms with Crippen molar-refractivity contribution in [3.05, 3.63) is 50.6 Å². The first-order valence-electron chi connectivity index (χ1n) is 6.65. The van der Waals surface area contributed by atoms with Crippen molar-refractivity contribution in [3.8, 4) is 5.75 Å². The highest BCUT2D eigenvalue weighted by atomic mass is 79.9. The highest BCUT2D eigenvalue weighted by Crippen LogP contribution is 2.25. The van der Waals surface area contributed by atoms with Gasteiger partial charge in [-0.25, -0.2) is 0 Å². The fraction of sp³-hybridized carbons (Fsp3) is 0.375. The zero-order chi connectivity index (χ0) is 14.5. The van der Waals surface area contributed by atoms with Crippen molar-refractivity contribution in [2.24, 2.45) is 0 Å². The third kappa shape index (κ3) is 3.84. The fourth-order valence-electron chi connectivity index (χ4n) is 2.17. The Morgan fingerprint density at radius 3 is 2.70 bits per heavy atom. The molecule has 0 fully saturated rings. The van der Waals surface area contributed by atoms with Crippen molar-refractivity contribution in [3.63, 3.8) is 0 Å². The lowest BCUT2D eigenvalue weighted by Gasteiger charge is -2.25. The van der Waals surface area contributed by atoms with Crippen molar-refractivity contribution in [2.75, 3.05) is 14.2 Å². The minimum Gasteiger partial charge on any atom is -0.496 e. The van der Waals surface area contributed by atoms with E-state index in [0.29, 0.717) is 6.04 Å². The van der Waals surface area contributed by atoms with E-state index in [9.17, 15) is 0 Å². The minimum atomic E-state index is 0.459. The maximum atomic E-state index is 5.43. The molecular weight excluding hydrogens is 334 g/mol. The molecule has 1 aromatic heterocycles. The lowest BCUT2D eigenvalue weighted by Crippen LogP contribution is -2.30. The van der Waals surface area contributed by atoms with Gasteiger partial charge in [0, 0.05) is 21.9 Å². The number of methoxy groups -OCH3 is 1. The van der Waals surface area contributed by atoms with Gasteiger partial charge in [0.2, 0.25) is 0 Å². The summed E-state index contributed by atoms with van der Waals surface area (Å²) >= 11 is 5.39. The molecule has 0 radical (unpaired) electrons. The quantitative estimate of drug-likeness (QED) is 0.753. The van der Waals surface area contributed by atoms with E-state index in [4.69, 9.17) is 4.74 Å². The van der Waals surface area contributed by atoms with Gasteiger partial charge in [0.05, 0.1) is 7.11 Å². The lowest BCUT2D eigenvalue weighted by atomic mass is 10.1. The van der Waals surface area contributed by atoms with E-state index in [1.807, 2.05) is 12.1 Å².